The Hall–Kier alpha value is -1.98. The molecule has 2 atom stereocenters. The fourth-order valence-corrected chi connectivity index (χ4v) is 3.99. The minimum atomic E-state index is -0.608. The van der Waals surface area contributed by atoms with Gasteiger partial charge < -0.3 is 4.74 Å². The second-order valence-electron chi connectivity index (χ2n) is 5.79. The minimum absolute atomic E-state index is 0.111. The van der Waals surface area contributed by atoms with Gasteiger partial charge in [0.15, 0.2) is 0 Å². The van der Waals surface area contributed by atoms with Crippen molar-refractivity contribution in [1.29, 1.82) is 0 Å². The number of halogens is 1. The predicted molar refractivity (Wildman–Crippen MR) is 100 cm³/mol. The van der Waals surface area contributed by atoms with Crippen molar-refractivity contribution in [2.24, 2.45) is 0 Å². The molecule has 0 spiro atoms. The van der Waals surface area contributed by atoms with E-state index in [1.54, 1.807) is 17.0 Å². The quantitative estimate of drug-likeness (QED) is 0.599. The van der Waals surface area contributed by atoms with Crippen LogP contribution in [0.4, 0.5) is 5.69 Å². The molecule has 0 fully saturated rings. The highest BCUT2D eigenvalue weighted by molar-refractivity contribution is 8.00. The zero-order valence-electron chi connectivity index (χ0n) is 13.9. The van der Waals surface area contributed by atoms with Crippen LogP contribution in [-0.4, -0.2) is 30.3 Å². The zero-order chi connectivity index (χ0) is 18.0. The summed E-state index contributed by atoms with van der Waals surface area (Å²) in [4.78, 5) is 27.8. The summed E-state index contributed by atoms with van der Waals surface area (Å²) in [7, 11) is 1.35. The van der Waals surface area contributed by atoms with Crippen LogP contribution < -0.4 is 4.90 Å². The third-order valence-corrected chi connectivity index (χ3v) is 5.51. The van der Waals surface area contributed by atoms with Crippen LogP contribution in [0, 0.1) is 0 Å². The molecule has 0 aromatic heterocycles. The molecule has 2 unspecified atom stereocenters. The molecule has 0 aliphatic carbocycles. The number of nitrogens with zero attached hydrogens (tertiary/aromatic N) is 1. The number of hydrogen-bond donors (Lipinski definition) is 0. The number of fused-ring (bicyclic) bond motifs is 1. The van der Waals surface area contributed by atoms with Crippen molar-refractivity contribution in [2.75, 3.05) is 12.0 Å². The number of carbonyl (C=O) groups is 2. The lowest BCUT2D eigenvalue weighted by Gasteiger charge is -2.26. The van der Waals surface area contributed by atoms with Crippen LogP contribution in [0.25, 0.3) is 0 Å². The van der Waals surface area contributed by atoms with E-state index < -0.39 is 12.0 Å². The molecule has 1 heterocycles. The number of esters is 1. The number of thioether (sulfide) groups is 1. The SMILES string of the molecule is COC(=O)C1Cc2ccccc2N1C(=O)C(C)Sc1ccc(Cl)cc1. The largest absolute Gasteiger partial charge is 0.467 e. The van der Waals surface area contributed by atoms with Gasteiger partial charge in [0.2, 0.25) is 5.91 Å². The number of carbonyl (C=O) groups excluding carboxylic acids is 2. The van der Waals surface area contributed by atoms with Crippen molar-refractivity contribution in [2.45, 2.75) is 29.5 Å². The maximum absolute atomic E-state index is 13.1. The molecular formula is C19H18ClNO3S. The fraction of sp³-hybridized carbons (Fsp3) is 0.263. The monoisotopic (exact) mass is 375 g/mol. The summed E-state index contributed by atoms with van der Waals surface area (Å²) in [6, 6.07) is 14.3. The molecule has 1 aliphatic rings. The van der Waals surface area contributed by atoms with Crippen molar-refractivity contribution in [1.82, 2.24) is 0 Å². The maximum atomic E-state index is 13.1. The second-order valence-corrected chi connectivity index (χ2v) is 7.64. The van der Waals surface area contributed by atoms with Crippen molar-refractivity contribution >= 4 is 40.9 Å². The second kappa shape index (κ2) is 7.50. The van der Waals surface area contributed by atoms with Crippen LogP contribution in [0.5, 0.6) is 0 Å². The molecule has 6 heteroatoms. The van der Waals surface area contributed by atoms with Crippen LogP contribution in [0.2, 0.25) is 5.02 Å². The van der Waals surface area contributed by atoms with Gasteiger partial charge in [0, 0.05) is 22.0 Å². The van der Waals surface area contributed by atoms with Gasteiger partial charge in [-0.3, -0.25) is 9.69 Å². The third kappa shape index (κ3) is 3.67. The molecule has 0 bridgehead atoms. The van der Waals surface area contributed by atoms with Gasteiger partial charge in [-0.05, 0) is 42.8 Å². The number of benzene rings is 2. The van der Waals surface area contributed by atoms with Crippen LogP contribution in [0.15, 0.2) is 53.4 Å². The van der Waals surface area contributed by atoms with Crippen LogP contribution >= 0.6 is 23.4 Å². The summed E-state index contributed by atoms with van der Waals surface area (Å²) in [5.74, 6) is -0.506. The predicted octanol–water partition coefficient (Wildman–Crippen LogP) is 3.95. The highest BCUT2D eigenvalue weighted by Crippen LogP contribution is 2.35. The molecule has 0 saturated heterocycles. The molecule has 2 aromatic carbocycles. The Morgan fingerprint density at radius 2 is 1.88 bits per heavy atom. The molecular weight excluding hydrogens is 358 g/mol. The summed E-state index contributed by atoms with van der Waals surface area (Å²) < 4.78 is 4.90. The Kier molecular flexibility index (Phi) is 5.35. The van der Waals surface area contributed by atoms with Crippen molar-refractivity contribution in [3.8, 4) is 0 Å². The van der Waals surface area contributed by atoms with E-state index in [9.17, 15) is 9.59 Å². The van der Waals surface area contributed by atoms with Crippen molar-refractivity contribution in [3.05, 3.63) is 59.1 Å². The number of methoxy groups -OCH3 is 1. The van der Waals surface area contributed by atoms with Gasteiger partial charge in [-0.15, -0.1) is 11.8 Å². The molecule has 25 heavy (non-hydrogen) atoms. The molecule has 1 amide bonds. The highest BCUT2D eigenvalue weighted by Gasteiger charge is 2.40. The first-order valence-electron chi connectivity index (χ1n) is 7.92. The zero-order valence-corrected chi connectivity index (χ0v) is 15.5. The van der Waals surface area contributed by atoms with E-state index in [0.717, 1.165) is 16.1 Å². The van der Waals surface area contributed by atoms with Gasteiger partial charge >= 0.3 is 5.97 Å². The maximum Gasteiger partial charge on any atom is 0.329 e. The van der Waals surface area contributed by atoms with Gasteiger partial charge in [-0.2, -0.15) is 0 Å². The number of amides is 1. The minimum Gasteiger partial charge on any atom is -0.467 e. The van der Waals surface area contributed by atoms with Crippen LogP contribution in [0.1, 0.15) is 12.5 Å². The number of para-hydroxylation sites is 1. The molecule has 3 rings (SSSR count). The lowest BCUT2D eigenvalue weighted by atomic mass is 10.1. The molecule has 1 aliphatic heterocycles. The van der Waals surface area contributed by atoms with E-state index in [0.29, 0.717) is 11.4 Å². The fourth-order valence-electron chi connectivity index (χ4n) is 2.95. The standard InChI is InChI=1S/C19H18ClNO3S/c1-12(25-15-9-7-14(20)8-10-15)18(22)21-16-6-4-3-5-13(16)11-17(21)19(23)24-2/h3-10,12,17H,11H2,1-2H3. The van der Waals surface area contributed by atoms with E-state index >= 15 is 0 Å². The lowest BCUT2D eigenvalue weighted by molar-refractivity contribution is -0.143. The number of ether oxygens (including phenoxy) is 1. The van der Waals surface area contributed by atoms with E-state index in [2.05, 4.69) is 0 Å². The first-order chi connectivity index (χ1) is 12.0. The first kappa shape index (κ1) is 17.8. The van der Waals surface area contributed by atoms with Gasteiger partial charge in [0.1, 0.15) is 6.04 Å². The molecule has 4 nitrogen and oxygen atoms in total. The normalized spacial score (nSPS) is 17.1. The Morgan fingerprint density at radius 3 is 2.56 bits per heavy atom. The van der Waals surface area contributed by atoms with Crippen molar-refractivity contribution in [3.63, 3.8) is 0 Å². The topological polar surface area (TPSA) is 46.6 Å². The highest BCUT2D eigenvalue weighted by atomic mass is 35.5. The summed E-state index contributed by atoms with van der Waals surface area (Å²) >= 11 is 7.35. The van der Waals surface area contributed by atoms with Gasteiger partial charge in [0.05, 0.1) is 12.4 Å². The van der Waals surface area contributed by atoms with E-state index in [4.69, 9.17) is 16.3 Å². The summed E-state index contributed by atoms with van der Waals surface area (Å²) in [6.45, 7) is 1.84. The van der Waals surface area contributed by atoms with Gasteiger partial charge in [-0.25, -0.2) is 4.79 Å². The summed E-state index contributed by atoms with van der Waals surface area (Å²) in [5.41, 5.74) is 1.77. The molecule has 130 valence electrons. The Labute approximate surface area is 156 Å². The smallest absolute Gasteiger partial charge is 0.329 e. The third-order valence-electron chi connectivity index (χ3n) is 4.16. The Morgan fingerprint density at radius 1 is 1.20 bits per heavy atom. The Balaban J connectivity index is 1.84. The van der Waals surface area contributed by atoms with Crippen LogP contribution in [0.3, 0.4) is 0 Å². The first-order valence-corrected chi connectivity index (χ1v) is 9.18. The molecule has 0 radical (unpaired) electrons. The average molecular weight is 376 g/mol. The number of anilines is 1. The summed E-state index contributed by atoms with van der Waals surface area (Å²) in [6.07, 6.45) is 0.479. The Bertz CT molecular complexity index is 794. The van der Waals surface area contributed by atoms with E-state index in [1.165, 1.54) is 18.9 Å². The molecule has 2 aromatic rings. The average Bonchev–Trinajstić information content (AvgIpc) is 3.01. The number of hydrogen-bond acceptors (Lipinski definition) is 4. The van der Waals surface area contributed by atoms with Crippen molar-refractivity contribution < 1.29 is 14.3 Å². The van der Waals surface area contributed by atoms with E-state index in [-0.39, 0.29) is 11.2 Å². The molecule has 0 saturated carbocycles. The van der Waals surface area contributed by atoms with E-state index in [1.807, 2.05) is 43.3 Å². The number of rotatable bonds is 4. The molecule has 0 N–H and O–H groups in total. The lowest BCUT2D eigenvalue weighted by Crippen LogP contribution is -2.46. The van der Waals surface area contributed by atoms with Gasteiger partial charge in [-0.1, -0.05) is 29.8 Å². The van der Waals surface area contributed by atoms with Gasteiger partial charge in [0.25, 0.3) is 0 Å². The van der Waals surface area contributed by atoms with Crippen LogP contribution in [-0.2, 0) is 20.7 Å². The summed E-state index contributed by atoms with van der Waals surface area (Å²) in [5, 5.41) is 0.307.